The first-order chi connectivity index (χ1) is 37.5. The molecule has 0 saturated carbocycles. The lowest BCUT2D eigenvalue weighted by atomic mass is 9.91. The van der Waals surface area contributed by atoms with Crippen molar-refractivity contribution in [3.05, 3.63) is 263 Å². The molecule has 2 nitrogen and oxygen atoms in total. The van der Waals surface area contributed by atoms with Gasteiger partial charge in [0.25, 0.3) is 0 Å². The van der Waals surface area contributed by atoms with E-state index >= 15 is 8.78 Å². The second-order valence-electron chi connectivity index (χ2n) is 19.3. The van der Waals surface area contributed by atoms with E-state index in [9.17, 15) is 35.1 Å². The number of anilines is 6. The second kappa shape index (κ2) is 19.3. The molecule has 0 radical (unpaired) electrons. The van der Waals surface area contributed by atoms with Gasteiger partial charge in [-0.2, -0.15) is 0 Å². The Morgan fingerprint density at radius 1 is 0.244 bits per heavy atom. The first-order valence-corrected chi connectivity index (χ1v) is 24.5. The Labute approximate surface area is 440 Å². The summed E-state index contributed by atoms with van der Waals surface area (Å²) in [6.45, 7) is 3.46. The molecule has 78 heavy (non-hydrogen) atoms. The standard InChI is InChI=1S/C66H38F10N2/c1-35-3-11-63(59(75)15-35)77(55-27-39(43-19-47(67)31-48(68)20-43)17-40(28-55)44-21-49(69)32-50(70)22-44)61-13-7-37-6-10-58-62(14-8-38-5-9-57(61)65(37)66(38)58)78(64-12-4-36(2)16-60(64)76)56-29-41(45-23-51(71)33-52(72)24-45)18-42(30-56)46-25-53(73)34-54(74)26-46/h3-34H,1-2H3. The fraction of sp³-hybridized carbons (Fsp3) is 0.0303. The number of hydrogen-bond donors (Lipinski definition) is 0. The van der Waals surface area contributed by atoms with Gasteiger partial charge in [-0.05, 0) is 212 Å². The summed E-state index contributed by atoms with van der Waals surface area (Å²) in [6, 6.07) is 45.4. The first kappa shape index (κ1) is 49.5. The molecule has 0 atom stereocenters. The molecule has 0 N–H and O–H groups in total. The van der Waals surface area contributed by atoms with Gasteiger partial charge in [0, 0.05) is 46.4 Å². The van der Waals surface area contributed by atoms with Crippen molar-refractivity contribution in [2.75, 3.05) is 9.80 Å². The third-order valence-electron chi connectivity index (χ3n) is 13.9. The van der Waals surface area contributed by atoms with Crippen LogP contribution in [0.3, 0.4) is 0 Å². The Morgan fingerprint density at radius 3 is 0.782 bits per heavy atom. The highest BCUT2D eigenvalue weighted by Crippen LogP contribution is 2.50. The lowest BCUT2D eigenvalue weighted by Crippen LogP contribution is -2.14. The van der Waals surface area contributed by atoms with Gasteiger partial charge in [-0.1, -0.05) is 48.5 Å². The van der Waals surface area contributed by atoms with Crippen LogP contribution >= 0.6 is 0 Å². The maximum atomic E-state index is 16.9. The molecule has 12 heteroatoms. The summed E-state index contributed by atoms with van der Waals surface area (Å²) in [6.07, 6.45) is 0. The van der Waals surface area contributed by atoms with Gasteiger partial charge in [-0.15, -0.1) is 0 Å². The number of halogens is 10. The topological polar surface area (TPSA) is 6.48 Å². The van der Waals surface area contributed by atoms with E-state index in [2.05, 4.69) is 0 Å². The van der Waals surface area contributed by atoms with Gasteiger partial charge in [0.1, 0.15) is 58.2 Å². The SMILES string of the molecule is Cc1ccc(N(c2cc(-c3cc(F)cc(F)c3)cc(-c3cc(F)cc(F)c3)c2)c2ccc3ccc4c(N(c5cc(-c6cc(F)cc(F)c6)cc(-c6cc(F)cc(F)c6)c5)c5ccc(C)cc5F)ccc5ccc2c3c54)c(F)c1. The number of nitrogens with zero attached hydrogens (tertiary/aromatic N) is 2. The van der Waals surface area contributed by atoms with E-state index in [1.54, 1.807) is 84.3 Å². The smallest absolute Gasteiger partial charge is 0.147 e. The summed E-state index contributed by atoms with van der Waals surface area (Å²) in [5, 5.41) is 4.02. The van der Waals surface area contributed by atoms with Gasteiger partial charge >= 0.3 is 0 Å². The van der Waals surface area contributed by atoms with Gasteiger partial charge in [0.2, 0.25) is 0 Å². The van der Waals surface area contributed by atoms with Crippen LogP contribution in [0.4, 0.5) is 78.0 Å². The Morgan fingerprint density at radius 2 is 0.500 bits per heavy atom. The average Bonchev–Trinajstić information content (AvgIpc) is 3.58. The van der Waals surface area contributed by atoms with Crippen LogP contribution in [0.1, 0.15) is 11.1 Å². The molecule has 12 aromatic carbocycles. The van der Waals surface area contributed by atoms with E-state index in [-0.39, 0.29) is 67.3 Å². The molecular weight excluding hydrogens is 1010 g/mol. The van der Waals surface area contributed by atoms with Crippen LogP contribution in [0.15, 0.2) is 194 Å². The van der Waals surface area contributed by atoms with E-state index in [0.717, 1.165) is 83.6 Å². The molecule has 0 saturated heterocycles. The van der Waals surface area contributed by atoms with Crippen LogP contribution in [0.2, 0.25) is 0 Å². The van der Waals surface area contributed by atoms with Crippen molar-refractivity contribution in [1.82, 2.24) is 0 Å². The minimum Gasteiger partial charge on any atom is -0.307 e. The van der Waals surface area contributed by atoms with Gasteiger partial charge in [-0.25, -0.2) is 43.9 Å². The first-order valence-electron chi connectivity index (χ1n) is 24.5. The molecule has 0 aromatic heterocycles. The highest BCUT2D eigenvalue weighted by Gasteiger charge is 2.26. The molecule has 0 fully saturated rings. The van der Waals surface area contributed by atoms with Crippen LogP contribution in [0.5, 0.6) is 0 Å². The molecule has 0 aliphatic carbocycles. The lowest BCUT2D eigenvalue weighted by molar-refractivity contribution is 0.583. The largest absolute Gasteiger partial charge is 0.307 e. The molecule has 0 unspecified atom stereocenters. The summed E-state index contributed by atoms with van der Waals surface area (Å²) in [5.74, 6) is -8.26. The Kier molecular flexibility index (Phi) is 12.2. The van der Waals surface area contributed by atoms with Crippen LogP contribution in [0.25, 0.3) is 76.8 Å². The molecule has 0 heterocycles. The summed E-state index contributed by atoms with van der Waals surface area (Å²) < 4.78 is 153. The van der Waals surface area contributed by atoms with Crippen molar-refractivity contribution in [3.63, 3.8) is 0 Å². The van der Waals surface area contributed by atoms with Crippen molar-refractivity contribution in [2.24, 2.45) is 0 Å². The van der Waals surface area contributed by atoms with Crippen LogP contribution in [-0.2, 0) is 0 Å². The monoisotopic (exact) mass is 1050 g/mol. The normalized spacial score (nSPS) is 11.6. The maximum absolute atomic E-state index is 16.9. The van der Waals surface area contributed by atoms with Gasteiger partial charge < -0.3 is 9.80 Å². The molecule has 0 amide bonds. The zero-order valence-corrected chi connectivity index (χ0v) is 41.1. The minimum absolute atomic E-state index is 0.0586. The molecule has 12 aromatic rings. The van der Waals surface area contributed by atoms with E-state index in [0.29, 0.717) is 44.0 Å². The van der Waals surface area contributed by atoms with E-state index in [4.69, 9.17) is 0 Å². The third kappa shape index (κ3) is 9.18. The van der Waals surface area contributed by atoms with E-state index < -0.39 is 58.2 Å². The van der Waals surface area contributed by atoms with Crippen LogP contribution in [0, 0.1) is 72.0 Å². The average molecular weight is 1050 g/mol. The molecule has 0 aliphatic heterocycles. The fourth-order valence-electron chi connectivity index (χ4n) is 10.6. The quantitative estimate of drug-likeness (QED) is 0.0995. The highest BCUT2D eigenvalue weighted by molar-refractivity contribution is 6.28. The Bertz CT molecular complexity index is 3900. The predicted molar refractivity (Wildman–Crippen MR) is 290 cm³/mol. The summed E-state index contributed by atoms with van der Waals surface area (Å²) >= 11 is 0. The minimum atomic E-state index is -0.873. The van der Waals surface area contributed by atoms with E-state index in [1.807, 2.05) is 36.4 Å². The Hall–Kier alpha value is -9.42. The third-order valence-corrected chi connectivity index (χ3v) is 13.9. The molecule has 0 spiro atoms. The summed E-state index contributed by atoms with van der Waals surface area (Å²) in [5.41, 5.74) is 4.04. The fourth-order valence-corrected chi connectivity index (χ4v) is 10.6. The highest BCUT2D eigenvalue weighted by atomic mass is 19.2. The van der Waals surface area contributed by atoms with Gasteiger partial charge in [0.15, 0.2) is 0 Å². The van der Waals surface area contributed by atoms with Gasteiger partial charge in [0.05, 0.1) is 22.7 Å². The van der Waals surface area contributed by atoms with Crippen molar-refractivity contribution in [3.8, 4) is 44.5 Å². The van der Waals surface area contributed by atoms with Crippen LogP contribution < -0.4 is 9.80 Å². The van der Waals surface area contributed by atoms with Crippen molar-refractivity contribution in [1.29, 1.82) is 0 Å². The summed E-state index contributed by atoms with van der Waals surface area (Å²) in [7, 11) is 0. The van der Waals surface area contributed by atoms with Crippen molar-refractivity contribution >= 4 is 66.4 Å². The van der Waals surface area contributed by atoms with E-state index in [1.165, 1.54) is 24.3 Å². The number of benzene rings is 12. The number of aryl methyl sites for hydroxylation is 2. The number of hydrogen-bond acceptors (Lipinski definition) is 2. The van der Waals surface area contributed by atoms with Crippen LogP contribution in [-0.4, -0.2) is 0 Å². The maximum Gasteiger partial charge on any atom is 0.147 e. The molecular formula is C66H38F10N2. The van der Waals surface area contributed by atoms with Crippen molar-refractivity contribution in [2.45, 2.75) is 13.8 Å². The summed E-state index contributed by atoms with van der Waals surface area (Å²) in [4.78, 5) is 3.26. The zero-order valence-electron chi connectivity index (χ0n) is 41.1. The lowest BCUT2D eigenvalue weighted by Gasteiger charge is -2.30. The number of rotatable bonds is 10. The molecule has 12 rings (SSSR count). The van der Waals surface area contributed by atoms with Gasteiger partial charge in [-0.3, -0.25) is 0 Å². The molecule has 382 valence electrons. The van der Waals surface area contributed by atoms with Crippen molar-refractivity contribution < 1.29 is 43.9 Å². The Balaban J connectivity index is 1.13. The second-order valence-corrected chi connectivity index (χ2v) is 19.3. The molecule has 0 aliphatic rings. The zero-order chi connectivity index (χ0) is 54.3. The predicted octanol–water partition coefficient (Wildman–Crippen LogP) is 20.2. The molecule has 0 bridgehead atoms.